The van der Waals surface area contributed by atoms with Gasteiger partial charge in [-0.3, -0.25) is 4.98 Å². The second-order valence-corrected chi connectivity index (χ2v) is 6.62. The standard InChI is InChI=1S/C15H16ClFN4OS/c1-10-8-22-3-2-21(10)14-5-12(19-15(16)20-14)9-23-13-4-11(17)6-18-7-13/h4-7,10H,2-3,8-9H2,1H3. The van der Waals surface area contributed by atoms with Crippen molar-refractivity contribution in [2.24, 2.45) is 0 Å². The summed E-state index contributed by atoms with van der Waals surface area (Å²) < 4.78 is 18.6. The fourth-order valence-corrected chi connectivity index (χ4v) is 3.36. The lowest BCUT2D eigenvalue weighted by Gasteiger charge is -2.34. The molecule has 23 heavy (non-hydrogen) atoms. The molecule has 1 atom stereocenters. The number of hydrogen-bond donors (Lipinski definition) is 0. The van der Waals surface area contributed by atoms with Crippen LogP contribution in [0.4, 0.5) is 10.2 Å². The molecule has 3 heterocycles. The first kappa shape index (κ1) is 16.4. The monoisotopic (exact) mass is 354 g/mol. The molecule has 0 amide bonds. The van der Waals surface area contributed by atoms with Crippen LogP contribution in [0.3, 0.4) is 0 Å². The SMILES string of the molecule is CC1COCCN1c1cc(CSc2cncc(F)c2)nc(Cl)n1. The smallest absolute Gasteiger partial charge is 0.224 e. The third kappa shape index (κ3) is 4.31. The highest BCUT2D eigenvalue weighted by atomic mass is 35.5. The quantitative estimate of drug-likeness (QED) is 0.621. The van der Waals surface area contributed by atoms with Crippen LogP contribution in [0.5, 0.6) is 0 Å². The summed E-state index contributed by atoms with van der Waals surface area (Å²) >= 11 is 7.52. The Morgan fingerprint density at radius 2 is 2.26 bits per heavy atom. The van der Waals surface area contributed by atoms with Crippen molar-refractivity contribution in [3.8, 4) is 0 Å². The lowest BCUT2D eigenvalue weighted by atomic mass is 10.2. The van der Waals surface area contributed by atoms with Crippen molar-refractivity contribution in [1.82, 2.24) is 15.0 Å². The van der Waals surface area contributed by atoms with Crippen LogP contribution in [0.2, 0.25) is 5.28 Å². The maximum Gasteiger partial charge on any atom is 0.224 e. The molecule has 1 aliphatic rings. The first-order valence-electron chi connectivity index (χ1n) is 7.23. The van der Waals surface area contributed by atoms with Crippen LogP contribution in [-0.2, 0) is 10.5 Å². The number of pyridine rings is 1. The molecule has 1 unspecified atom stereocenters. The number of nitrogens with zero attached hydrogens (tertiary/aromatic N) is 4. The molecule has 0 aliphatic carbocycles. The zero-order chi connectivity index (χ0) is 16.2. The Hall–Kier alpha value is -1.44. The van der Waals surface area contributed by atoms with Gasteiger partial charge in [-0.15, -0.1) is 11.8 Å². The molecule has 5 nitrogen and oxygen atoms in total. The Morgan fingerprint density at radius 1 is 1.39 bits per heavy atom. The van der Waals surface area contributed by atoms with Gasteiger partial charge in [0.15, 0.2) is 0 Å². The Kier molecular flexibility index (Phi) is 5.30. The van der Waals surface area contributed by atoms with Gasteiger partial charge < -0.3 is 9.64 Å². The van der Waals surface area contributed by atoms with E-state index in [1.807, 2.05) is 6.07 Å². The summed E-state index contributed by atoms with van der Waals surface area (Å²) in [4.78, 5) is 15.3. The third-order valence-electron chi connectivity index (χ3n) is 3.47. The first-order valence-corrected chi connectivity index (χ1v) is 8.59. The minimum Gasteiger partial charge on any atom is -0.377 e. The minimum atomic E-state index is -0.349. The van der Waals surface area contributed by atoms with Gasteiger partial charge in [-0.25, -0.2) is 14.4 Å². The Morgan fingerprint density at radius 3 is 3.04 bits per heavy atom. The molecule has 122 valence electrons. The number of thioether (sulfide) groups is 1. The van der Waals surface area contributed by atoms with E-state index >= 15 is 0 Å². The van der Waals surface area contributed by atoms with Gasteiger partial charge in [0.25, 0.3) is 0 Å². The van der Waals surface area contributed by atoms with E-state index in [9.17, 15) is 4.39 Å². The number of ether oxygens (including phenoxy) is 1. The summed E-state index contributed by atoms with van der Waals surface area (Å²) in [5.74, 6) is 1.02. The van der Waals surface area contributed by atoms with Gasteiger partial charge in [-0.05, 0) is 24.6 Å². The van der Waals surface area contributed by atoms with Crippen molar-refractivity contribution < 1.29 is 9.13 Å². The topological polar surface area (TPSA) is 51.1 Å². The number of morpholine rings is 1. The molecular formula is C15H16ClFN4OS. The average Bonchev–Trinajstić information content (AvgIpc) is 2.53. The maximum atomic E-state index is 13.2. The molecular weight excluding hydrogens is 339 g/mol. The predicted octanol–water partition coefficient (Wildman–Crippen LogP) is 3.18. The molecule has 1 aliphatic heterocycles. The van der Waals surface area contributed by atoms with Gasteiger partial charge in [0.2, 0.25) is 5.28 Å². The van der Waals surface area contributed by atoms with E-state index in [0.717, 1.165) is 23.0 Å². The largest absolute Gasteiger partial charge is 0.377 e. The molecule has 1 saturated heterocycles. The second kappa shape index (κ2) is 7.42. The molecule has 2 aromatic rings. The maximum absolute atomic E-state index is 13.2. The van der Waals surface area contributed by atoms with Crippen LogP contribution < -0.4 is 4.90 Å². The van der Waals surface area contributed by atoms with Crippen LogP contribution in [-0.4, -0.2) is 40.8 Å². The highest BCUT2D eigenvalue weighted by molar-refractivity contribution is 7.98. The van der Waals surface area contributed by atoms with E-state index in [4.69, 9.17) is 16.3 Å². The summed E-state index contributed by atoms with van der Waals surface area (Å²) in [6, 6.07) is 3.61. The molecule has 2 aromatic heterocycles. The number of hydrogen-bond acceptors (Lipinski definition) is 6. The highest BCUT2D eigenvalue weighted by Gasteiger charge is 2.21. The Labute approximate surface area is 143 Å². The zero-order valence-corrected chi connectivity index (χ0v) is 14.1. The molecule has 1 fully saturated rings. The van der Waals surface area contributed by atoms with Crippen molar-refractivity contribution >= 4 is 29.2 Å². The number of aromatic nitrogens is 3. The van der Waals surface area contributed by atoms with E-state index in [1.165, 1.54) is 24.0 Å². The van der Waals surface area contributed by atoms with Crippen molar-refractivity contribution in [1.29, 1.82) is 0 Å². The van der Waals surface area contributed by atoms with Gasteiger partial charge in [-0.1, -0.05) is 0 Å². The van der Waals surface area contributed by atoms with Gasteiger partial charge in [0.05, 0.1) is 31.1 Å². The molecule has 0 spiro atoms. The van der Waals surface area contributed by atoms with Crippen molar-refractivity contribution in [3.63, 3.8) is 0 Å². The van der Waals surface area contributed by atoms with Crippen LogP contribution in [0, 0.1) is 5.82 Å². The highest BCUT2D eigenvalue weighted by Crippen LogP contribution is 2.25. The Bertz CT molecular complexity index is 690. The third-order valence-corrected chi connectivity index (χ3v) is 4.63. The summed E-state index contributed by atoms with van der Waals surface area (Å²) in [5, 5.41) is 0.217. The molecule has 0 bridgehead atoms. The van der Waals surface area contributed by atoms with Gasteiger partial charge in [0, 0.05) is 29.5 Å². The lowest BCUT2D eigenvalue weighted by Crippen LogP contribution is -2.44. The van der Waals surface area contributed by atoms with Gasteiger partial charge in [-0.2, -0.15) is 0 Å². The summed E-state index contributed by atoms with van der Waals surface area (Å²) in [6.07, 6.45) is 2.81. The predicted molar refractivity (Wildman–Crippen MR) is 88.4 cm³/mol. The summed E-state index contributed by atoms with van der Waals surface area (Å²) in [6.45, 7) is 4.20. The minimum absolute atomic E-state index is 0.217. The fourth-order valence-electron chi connectivity index (χ4n) is 2.37. The fraction of sp³-hybridized carbons (Fsp3) is 0.400. The Balaban J connectivity index is 1.75. The van der Waals surface area contributed by atoms with Crippen LogP contribution in [0.25, 0.3) is 0 Å². The van der Waals surface area contributed by atoms with E-state index < -0.39 is 0 Å². The van der Waals surface area contributed by atoms with E-state index in [1.54, 1.807) is 6.20 Å². The number of anilines is 1. The summed E-state index contributed by atoms with van der Waals surface area (Å²) in [5.41, 5.74) is 0.799. The van der Waals surface area contributed by atoms with Crippen molar-refractivity contribution in [3.05, 3.63) is 41.3 Å². The van der Waals surface area contributed by atoms with E-state index in [-0.39, 0.29) is 17.1 Å². The van der Waals surface area contributed by atoms with Gasteiger partial charge >= 0.3 is 0 Å². The zero-order valence-electron chi connectivity index (χ0n) is 12.6. The van der Waals surface area contributed by atoms with Crippen LogP contribution >= 0.6 is 23.4 Å². The lowest BCUT2D eigenvalue weighted by molar-refractivity contribution is 0.0985. The normalized spacial score (nSPS) is 18.2. The second-order valence-electron chi connectivity index (χ2n) is 5.23. The van der Waals surface area contributed by atoms with E-state index in [0.29, 0.717) is 19.0 Å². The average molecular weight is 355 g/mol. The van der Waals surface area contributed by atoms with Gasteiger partial charge in [0.1, 0.15) is 11.6 Å². The van der Waals surface area contributed by atoms with Crippen LogP contribution in [0.1, 0.15) is 12.6 Å². The molecule has 8 heteroatoms. The molecule has 0 N–H and O–H groups in total. The molecule has 0 aromatic carbocycles. The number of rotatable bonds is 4. The molecule has 0 saturated carbocycles. The van der Waals surface area contributed by atoms with E-state index in [2.05, 4.69) is 26.8 Å². The van der Waals surface area contributed by atoms with Crippen molar-refractivity contribution in [2.75, 3.05) is 24.7 Å². The summed E-state index contributed by atoms with van der Waals surface area (Å²) in [7, 11) is 0. The molecule has 0 radical (unpaired) electrons. The number of halogens is 2. The van der Waals surface area contributed by atoms with Crippen molar-refractivity contribution in [2.45, 2.75) is 23.6 Å². The van der Waals surface area contributed by atoms with Crippen LogP contribution in [0.15, 0.2) is 29.4 Å². The molecule has 3 rings (SSSR count). The first-order chi connectivity index (χ1) is 11.1.